The van der Waals surface area contributed by atoms with Crippen molar-refractivity contribution >= 4 is 23.2 Å². The monoisotopic (exact) mass is 396 g/mol. The van der Waals surface area contributed by atoms with Crippen molar-refractivity contribution in [1.29, 1.82) is 0 Å². The Morgan fingerprint density at radius 2 is 1.66 bits per heavy atom. The van der Waals surface area contributed by atoms with E-state index in [-0.39, 0.29) is 35.1 Å². The lowest BCUT2D eigenvalue weighted by Crippen LogP contribution is -2.19. The molecular weight excluding hydrogens is 378 g/mol. The summed E-state index contributed by atoms with van der Waals surface area (Å²) in [5.41, 5.74) is 19.0. The molecule has 3 aromatic rings. The molecule has 1 heterocycles. The van der Waals surface area contributed by atoms with Gasteiger partial charge in [-0.25, -0.2) is 8.78 Å². The maximum Gasteiger partial charge on any atom is 0.252 e. The molecular formula is C21H18F2N4O2. The van der Waals surface area contributed by atoms with Crippen LogP contribution in [0, 0.1) is 11.6 Å². The lowest BCUT2D eigenvalue weighted by atomic mass is 9.93. The molecule has 1 aliphatic heterocycles. The first-order valence-electron chi connectivity index (χ1n) is 8.58. The lowest BCUT2D eigenvalue weighted by Gasteiger charge is -2.10. The number of nitrogens with two attached hydrogens (primary N) is 3. The van der Waals surface area contributed by atoms with E-state index >= 15 is 0 Å². The van der Waals surface area contributed by atoms with E-state index in [1.165, 1.54) is 42.5 Å². The van der Waals surface area contributed by atoms with E-state index < -0.39 is 11.7 Å². The standard InChI is InChI=1S/C15H12FN3O2.C6H6FN/c16-11-5-7(1-4-12(11)17)8-2-3-9(14(18)20)13-10(8)6-19-15(13)21;7-5-1-3-6(8)4-2-5/h1-5H,6,17H2,(H2,18,20)(H,19,21);1-4H,8H2. The van der Waals surface area contributed by atoms with E-state index in [1.807, 2.05) is 0 Å². The zero-order valence-electron chi connectivity index (χ0n) is 15.2. The Labute approximate surface area is 165 Å². The van der Waals surface area contributed by atoms with Crippen molar-refractivity contribution in [1.82, 2.24) is 5.32 Å². The van der Waals surface area contributed by atoms with Crippen molar-refractivity contribution in [2.24, 2.45) is 5.73 Å². The molecule has 148 valence electrons. The Bertz CT molecular complexity index is 1080. The Hall–Kier alpha value is -3.94. The molecule has 0 unspecified atom stereocenters. The van der Waals surface area contributed by atoms with Crippen molar-refractivity contribution in [2.75, 3.05) is 11.5 Å². The average molecular weight is 396 g/mol. The molecule has 0 spiro atoms. The molecule has 29 heavy (non-hydrogen) atoms. The minimum atomic E-state index is -0.668. The fourth-order valence-electron chi connectivity index (χ4n) is 2.98. The second-order valence-corrected chi connectivity index (χ2v) is 6.35. The highest BCUT2D eigenvalue weighted by Crippen LogP contribution is 2.32. The molecule has 0 saturated heterocycles. The molecule has 0 aromatic heterocycles. The number of amides is 2. The normalized spacial score (nSPS) is 11.9. The number of carbonyl (C=O) groups excluding carboxylic acids is 2. The average Bonchev–Trinajstić information content (AvgIpc) is 3.08. The third-order valence-corrected chi connectivity index (χ3v) is 4.41. The lowest BCUT2D eigenvalue weighted by molar-refractivity contribution is 0.0947. The van der Waals surface area contributed by atoms with Crippen molar-refractivity contribution < 1.29 is 18.4 Å². The molecule has 7 N–H and O–H groups in total. The second kappa shape index (κ2) is 7.97. The maximum atomic E-state index is 13.6. The maximum absolute atomic E-state index is 13.6. The molecule has 0 saturated carbocycles. The van der Waals surface area contributed by atoms with Crippen LogP contribution < -0.4 is 22.5 Å². The number of rotatable bonds is 2. The topological polar surface area (TPSA) is 124 Å². The predicted molar refractivity (Wildman–Crippen MR) is 107 cm³/mol. The summed E-state index contributed by atoms with van der Waals surface area (Å²) in [7, 11) is 0. The molecule has 0 bridgehead atoms. The van der Waals surface area contributed by atoms with E-state index in [0.29, 0.717) is 22.4 Å². The molecule has 0 radical (unpaired) electrons. The number of hydrogen-bond acceptors (Lipinski definition) is 4. The van der Waals surface area contributed by atoms with E-state index in [4.69, 9.17) is 17.2 Å². The van der Waals surface area contributed by atoms with Gasteiger partial charge in [-0.1, -0.05) is 12.1 Å². The molecule has 2 amide bonds. The van der Waals surface area contributed by atoms with Gasteiger partial charge in [0.1, 0.15) is 11.6 Å². The molecule has 6 nitrogen and oxygen atoms in total. The molecule has 4 rings (SSSR count). The van der Waals surface area contributed by atoms with E-state index in [1.54, 1.807) is 12.1 Å². The van der Waals surface area contributed by atoms with Gasteiger partial charge in [-0.05, 0) is 59.2 Å². The molecule has 1 aliphatic rings. The first kappa shape index (κ1) is 19.8. The SMILES string of the molecule is NC(=O)c1ccc(-c2ccc(N)c(F)c2)c2c1C(=O)NC2.Nc1ccc(F)cc1. The van der Waals surface area contributed by atoms with Gasteiger partial charge in [0, 0.05) is 12.2 Å². The molecule has 8 heteroatoms. The Morgan fingerprint density at radius 3 is 2.24 bits per heavy atom. The van der Waals surface area contributed by atoms with Crippen LogP contribution in [0.3, 0.4) is 0 Å². The number of hydrogen-bond donors (Lipinski definition) is 4. The van der Waals surface area contributed by atoms with E-state index in [0.717, 1.165) is 0 Å². The van der Waals surface area contributed by atoms with Crippen LogP contribution in [0.1, 0.15) is 26.3 Å². The first-order chi connectivity index (χ1) is 13.8. The third-order valence-electron chi connectivity index (χ3n) is 4.41. The van der Waals surface area contributed by atoms with Gasteiger partial charge in [0.2, 0.25) is 5.91 Å². The summed E-state index contributed by atoms with van der Waals surface area (Å²) in [6.45, 7) is 0.274. The number of nitrogens with one attached hydrogen (secondary N) is 1. The second-order valence-electron chi connectivity index (χ2n) is 6.35. The van der Waals surface area contributed by atoms with Gasteiger partial charge in [0.05, 0.1) is 16.8 Å². The van der Waals surface area contributed by atoms with Crippen LogP contribution in [0.2, 0.25) is 0 Å². The van der Waals surface area contributed by atoms with Gasteiger partial charge in [0.25, 0.3) is 5.91 Å². The van der Waals surface area contributed by atoms with Crippen LogP contribution >= 0.6 is 0 Å². The molecule has 0 fully saturated rings. The molecule has 0 atom stereocenters. The van der Waals surface area contributed by atoms with E-state index in [9.17, 15) is 18.4 Å². The minimum Gasteiger partial charge on any atom is -0.399 e. The summed E-state index contributed by atoms with van der Waals surface area (Å²) in [5, 5.41) is 2.65. The highest BCUT2D eigenvalue weighted by molar-refractivity contribution is 6.10. The van der Waals surface area contributed by atoms with Crippen LogP contribution in [-0.2, 0) is 6.54 Å². The smallest absolute Gasteiger partial charge is 0.252 e. The number of halogens is 2. The Morgan fingerprint density at radius 1 is 0.966 bits per heavy atom. The van der Waals surface area contributed by atoms with Crippen LogP contribution in [0.5, 0.6) is 0 Å². The predicted octanol–water partition coefficient (Wildman–Crippen LogP) is 2.83. The number of nitrogen functional groups attached to an aromatic ring is 2. The number of primary amides is 1. The van der Waals surface area contributed by atoms with Crippen LogP contribution in [-0.4, -0.2) is 11.8 Å². The summed E-state index contributed by atoms with van der Waals surface area (Å²) in [6.07, 6.45) is 0. The van der Waals surface area contributed by atoms with Crippen molar-refractivity contribution in [2.45, 2.75) is 6.54 Å². The zero-order valence-corrected chi connectivity index (χ0v) is 15.2. The third kappa shape index (κ3) is 4.16. The van der Waals surface area contributed by atoms with E-state index in [2.05, 4.69) is 5.32 Å². The highest BCUT2D eigenvalue weighted by atomic mass is 19.1. The number of fused-ring (bicyclic) bond motifs is 1. The fraction of sp³-hybridized carbons (Fsp3) is 0.0476. The van der Waals surface area contributed by atoms with Crippen molar-refractivity contribution in [3.8, 4) is 11.1 Å². The van der Waals surface area contributed by atoms with Gasteiger partial charge < -0.3 is 22.5 Å². The highest BCUT2D eigenvalue weighted by Gasteiger charge is 2.27. The van der Waals surface area contributed by atoms with Gasteiger partial charge >= 0.3 is 0 Å². The van der Waals surface area contributed by atoms with Gasteiger partial charge in [-0.2, -0.15) is 0 Å². The first-order valence-corrected chi connectivity index (χ1v) is 8.58. The van der Waals surface area contributed by atoms with Crippen LogP contribution in [0.25, 0.3) is 11.1 Å². The summed E-state index contributed by atoms with van der Waals surface area (Å²) >= 11 is 0. The quantitative estimate of drug-likeness (QED) is 0.497. The number of anilines is 2. The van der Waals surface area contributed by atoms with Crippen LogP contribution in [0.4, 0.5) is 20.2 Å². The molecule has 3 aromatic carbocycles. The fourth-order valence-corrected chi connectivity index (χ4v) is 2.98. The Kier molecular flexibility index (Phi) is 5.45. The zero-order chi connectivity index (χ0) is 21.1. The Balaban J connectivity index is 0.000000252. The van der Waals surface area contributed by atoms with Crippen molar-refractivity contribution in [3.05, 3.63) is 82.9 Å². The summed E-state index contributed by atoms with van der Waals surface area (Å²) in [4.78, 5) is 23.3. The summed E-state index contributed by atoms with van der Waals surface area (Å²) in [5.74, 6) is -1.80. The largest absolute Gasteiger partial charge is 0.399 e. The van der Waals surface area contributed by atoms with Crippen molar-refractivity contribution in [3.63, 3.8) is 0 Å². The number of benzene rings is 3. The molecule has 0 aliphatic carbocycles. The summed E-state index contributed by atoms with van der Waals surface area (Å²) < 4.78 is 25.7. The van der Waals surface area contributed by atoms with Gasteiger partial charge in [-0.15, -0.1) is 0 Å². The number of carbonyl (C=O) groups is 2. The minimum absolute atomic E-state index is 0.0540. The summed E-state index contributed by atoms with van der Waals surface area (Å²) in [6, 6.07) is 13.3. The van der Waals surface area contributed by atoms with Gasteiger partial charge in [-0.3, -0.25) is 9.59 Å². The van der Waals surface area contributed by atoms with Gasteiger partial charge in [0.15, 0.2) is 0 Å². The van der Waals surface area contributed by atoms with Crippen LogP contribution in [0.15, 0.2) is 54.6 Å².